The van der Waals surface area contributed by atoms with E-state index in [9.17, 15) is 53.3 Å². The van der Waals surface area contributed by atoms with Crippen LogP contribution in [0.3, 0.4) is 0 Å². The molecule has 3 heterocycles. The number of fused-ring (bicyclic) bond motifs is 2. The average Bonchev–Trinajstić information content (AvgIpc) is 3.84. The molecule has 3 aliphatic heterocycles. The van der Waals surface area contributed by atoms with Crippen LogP contribution in [0.1, 0.15) is 83.8 Å². The number of ether oxygens (including phenoxy) is 5. The second-order valence-corrected chi connectivity index (χ2v) is 22.2. The Bertz CT molecular complexity index is 2760. The summed E-state index contributed by atoms with van der Waals surface area (Å²) in [4.78, 5) is 43.5. The van der Waals surface area contributed by atoms with Crippen LogP contribution in [0.25, 0.3) is 0 Å². The molecule has 72 heavy (non-hydrogen) atoms. The first-order chi connectivity index (χ1) is 33.9. The Morgan fingerprint density at radius 3 is 1.86 bits per heavy atom. The Hall–Kier alpha value is -4.73. The summed E-state index contributed by atoms with van der Waals surface area (Å²) in [6.45, 7) is 11.3. The highest BCUT2D eigenvalue weighted by Crippen LogP contribution is 2.51. The first kappa shape index (κ1) is 58.2. The summed E-state index contributed by atoms with van der Waals surface area (Å²) in [6, 6.07) is 8.50. The molecule has 0 bridgehead atoms. The standard InChI is InChI=1S/C48H65N3O18S3/c1-6-49-40-14-12-36(71(58,59)60)33-38(40)47(3,20-8-32-70(55,56)57)42(49)16-10-35(2)11-17-43-48(4,21-23-65-26-27-67-30-31-68-29-28-66-25-24-64-5)39-34-37(72(61,62)63)13-15-41(39)50(43)22-7-9-46(54)69-51-44(52)18-19-45(51)53/h10-17,33-34H,6-9,18-32H2,1-5H3,(H2-,55,56,57,58,59,60,61,62,63)/p+1. The highest BCUT2D eigenvalue weighted by Gasteiger charge is 2.48. The van der Waals surface area contributed by atoms with Gasteiger partial charge in [-0.1, -0.05) is 17.7 Å². The summed E-state index contributed by atoms with van der Waals surface area (Å²) < 4.78 is 132. The maximum Gasteiger partial charge on any atom is 0.333 e. The third kappa shape index (κ3) is 15.2. The summed E-state index contributed by atoms with van der Waals surface area (Å²) in [7, 11) is -12.0. The molecule has 0 radical (unpaired) electrons. The molecule has 24 heteroatoms. The summed E-state index contributed by atoms with van der Waals surface area (Å²) in [5.74, 6) is -2.55. The van der Waals surface area contributed by atoms with E-state index >= 15 is 0 Å². The topological polar surface area (TPSA) is 279 Å². The van der Waals surface area contributed by atoms with E-state index in [4.69, 9.17) is 28.5 Å². The van der Waals surface area contributed by atoms with Crippen LogP contribution < -0.4 is 4.90 Å². The number of anilines is 1. The molecule has 398 valence electrons. The first-order valence-corrected chi connectivity index (χ1v) is 28.0. The van der Waals surface area contributed by atoms with Gasteiger partial charge in [0.25, 0.3) is 42.2 Å². The summed E-state index contributed by atoms with van der Waals surface area (Å²) in [5, 5.41) is 0.482. The molecular weight excluding hydrogens is 1000 g/mol. The fourth-order valence-electron chi connectivity index (χ4n) is 8.94. The zero-order valence-electron chi connectivity index (χ0n) is 41.2. The van der Waals surface area contributed by atoms with Gasteiger partial charge in [-0.2, -0.15) is 29.8 Å². The van der Waals surface area contributed by atoms with E-state index in [2.05, 4.69) is 0 Å². The van der Waals surface area contributed by atoms with E-state index in [0.717, 1.165) is 0 Å². The van der Waals surface area contributed by atoms with Crippen LogP contribution >= 0.6 is 0 Å². The number of carbonyl (C=O) groups is 3. The van der Waals surface area contributed by atoms with Crippen molar-refractivity contribution in [3.05, 3.63) is 83.1 Å². The van der Waals surface area contributed by atoms with Crippen LogP contribution in [-0.2, 0) is 84.1 Å². The van der Waals surface area contributed by atoms with E-state index in [1.54, 1.807) is 19.2 Å². The number of allylic oxidation sites excluding steroid dienone is 6. The fraction of sp³-hybridized carbons (Fsp3) is 0.542. The minimum Gasteiger partial charge on any atom is -0.382 e. The number of benzene rings is 2. The van der Waals surface area contributed by atoms with Gasteiger partial charge in [0.2, 0.25) is 5.69 Å². The molecule has 0 spiro atoms. The summed E-state index contributed by atoms with van der Waals surface area (Å²) in [5.41, 5.74) is 2.46. The maximum atomic E-state index is 12.9. The second kappa shape index (κ2) is 25.5. The molecule has 2 amide bonds. The lowest BCUT2D eigenvalue weighted by Crippen LogP contribution is -2.33. The number of carbonyl (C=O) groups excluding carboxylic acids is 3. The van der Waals surface area contributed by atoms with Crippen molar-refractivity contribution >= 4 is 65.2 Å². The van der Waals surface area contributed by atoms with Crippen molar-refractivity contribution in [1.29, 1.82) is 0 Å². The van der Waals surface area contributed by atoms with Gasteiger partial charge in [-0.25, -0.2) is 4.79 Å². The number of rotatable bonds is 30. The van der Waals surface area contributed by atoms with E-state index in [0.29, 0.717) is 97.2 Å². The van der Waals surface area contributed by atoms with Crippen LogP contribution in [0.5, 0.6) is 0 Å². The van der Waals surface area contributed by atoms with Crippen LogP contribution in [0, 0.1) is 0 Å². The molecular formula is C48H66N3O18S3+. The van der Waals surface area contributed by atoms with Crippen LogP contribution in [-0.4, -0.2) is 157 Å². The van der Waals surface area contributed by atoms with Crippen molar-refractivity contribution in [1.82, 2.24) is 5.06 Å². The Morgan fingerprint density at radius 1 is 0.750 bits per heavy atom. The van der Waals surface area contributed by atoms with Gasteiger partial charge in [0.05, 0.1) is 73.8 Å². The highest BCUT2D eigenvalue weighted by atomic mass is 32.2. The largest absolute Gasteiger partial charge is 0.382 e. The number of hydrogen-bond acceptors (Lipinski definition) is 16. The van der Waals surface area contributed by atoms with Gasteiger partial charge in [0.15, 0.2) is 5.71 Å². The van der Waals surface area contributed by atoms with Gasteiger partial charge in [0.1, 0.15) is 6.54 Å². The molecule has 3 aliphatic rings. The number of amides is 2. The zero-order chi connectivity index (χ0) is 52.9. The molecule has 2 unspecified atom stereocenters. The van der Waals surface area contributed by atoms with E-state index in [1.807, 2.05) is 61.5 Å². The van der Waals surface area contributed by atoms with Crippen molar-refractivity contribution in [2.24, 2.45) is 0 Å². The molecule has 5 rings (SSSR count). The van der Waals surface area contributed by atoms with Crippen LogP contribution in [0.2, 0.25) is 0 Å². The van der Waals surface area contributed by atoms with Crippen LogP contribution in [0.15, 0.2) is 81.8 Å². The van der Waals surface area contributed by atoms with Crippen molar-refractivity contribution in [2.45, 2.75) is 93.3 Å². The van der Waals surface area contributed by atoms with Gasteiger partial charge in [-0.3, -0.25) is 23.2 Å². The van der Waals surface area contributed by atoms with Crippen molar-refractivity contribution in [2.75, 3.05) is 90.3 Å². The number of methoxy groups -OCH3 is 1. The number of hydroxylamine groups is 2. The fourth-order valence-corrected chi connectivity index (χ4v) is 10.5. The minimum atomic E-state index is -4.65. The summed E-state index contributed by atoms with van der Waals surface area (Å²) in [6.07, 6.45) is 7.73. The van der Waals surface area contributed by atoms with Gasteiger partial charge in [-0.05, 0) is 95.3 Å². The minimum absolute atomic E-state index is 0.0272. The Kier molecular flexibility index (Phi) is 20.6. The van der Waals surface area contributed by atoms with E-state index in [1.165, 1.54) is 24.3 Å². The molecule has 3 N–H and O–H groups in total. The third-order valence-electron chi connectivity index (χ3n) is 12.7. The smallest absolute Gasteiger partial charge is 0.333 e. The van der Waals surface area contributed by atoms with Gasteiger partial charge in [0, 0.05) is 74.0 Å². The van der Waals surface area contributed by atoms with Crippen molar-refractivity contribution in [3.8, 4) is 0 Å². The third-order valence-corrected chi connectivity index (χ3v) is 15.2. The van der Waals surface area contributed by atoms with Crippen LogP contribution in [0.4, 0.5) is 11.4 Å². The lowest BCUT2D eigenvalue weighted by Gasteiger charge is -2.30. The molecule has 2 atom stereocenters. The van der Waals surface area contributed by atoms with Gasteiger partial charge >= 0.3 is 5.97 Å². The number of hydrogen-bond donors (Lipinski definition) is 3. The Balaban J connectivity index is 1.45. The van der Waals surface area contributed by atoms with E-state index < -0.39 is 64.7 Å². The molecule has 0 aliphatic carbocycles. The van der Waals surface area contributed by atoms with E-state index in [-0.39, 0.29) is 74.7 Å². The molecule has 1 saturated heterocycles. The first-order valence-electron chi connectivity index (χ1n) is 23.5. The monoisotopic (exact) mass is 1070 g/mol. The molecule has 1 fully saturated rings. The molecule has 21 nitrogen and oxygen atoms in total. The predicted molar refractivity (Wildman–Crippen MR) is 263 cm³/mol. The normalized spacial score (nSPS) is 20.2. The molecule has 2 aromatic rings. The SMILES string of the molecule is CC[N+]1=C(/C=C/C(C)=C/C=C2/N(CCCC(=O)ON3C(=O)CCC3=O)c3ccc(S(=O)(=O)O)cc3C2(C)CCOCCOCCOCCOCCOC)C(C)(CCCS(=O)(=O)O)c2cc(S(=O)(=O)O)ccc21. The average molecular weight is 1070 g/mol. The molecule has 2 aromatic carbocycles. The highest BCUT2D eigenvalue weighted by molar-refractivity contribution is 7.86. The molecule has 0 aromatic heterocycles. The Labute approximate surface area is 421 Å². The van der Waals surface area contributed by atoms with Gasteiger partial charge < -0.3 is 33.4 Å². The summed E-state index contributed by atoms with van der Waals surface area (Å²) >= 11 is 0. The Morgan fingerprint density at radius 2 is 1.31 bits per heavy atom. The quantitative estimate of drug-likeness (QED) is 0.0309. The molecule has 0 saturated carbocycles. The predicted octanol–water partition coefficient (Wildman–Crippen LogP) is 4.88. The van der Waals surface area contributed by atoms with Gasteiger partial charge in [-0.15, -0.1) is 5.06 Å². The number of nitrogens with zero attached hydrogens (tertiary/aromatic N) is 3. The maximum absolute atomic E-state index is 12.9. The lowest BCUT2D eigenvalue weighted by molar-refractivity contribution is -0.433. The lowest BCUT2D eigenvalue weighted by atomic mass is 9.75. The zero-order valence-corrected chi connectivity index (χ0v) is 43.7. The number of imide groups is 1. The van der Waals surface area contributed by atoms with Crippen molar-refractivity contribution in [3.63, 3.8) is 0 Å². The second-order valence-electron chi connectivity index (χ2n) is 17.8. The van der Waals surface area contributed by atoms with Crippen molar-refractivity contribution < 1.29 is 86.4 Å².